The van der Waals surface area contributed by atoms with Crippen LogP contribution in [0.2, 0.25) is 0 Å². The van der Waals surface area contributed by atoms with Crippen LogP contribution >= 0.6 is 7.82 Å². The summed E-state index contributed by atoms with van der Waals surface area (Å²) in [5.41, 5.74) is 1.86. The molecule has 0 aliphatic carbocycles. The first-order chi connectivity index (χ1) is 8.25. The van der Waals surface area contributed by atoms with E-state index >= 15 is 0 Å². The van der Waals surface area contributed by atoms with E-state index in [0.717, 1.165) is 11.1 Å². The van der Waals surface area contributed by atoms with Crippen LogP contribution in [-0.4, -0.2) is 0 Å². The average Bonchev–Trinajstić information content (AvgIpc) is 2.83. The predicted molar refractivity (Wildman–Crippen MR) is 61.4 cm³/mol. The Balaban J connectivity index is 1.98. The van der Waals surface area contributed by atoms with Crippen LogP contribution < -0.4 is 13.6 Å². The van der Waals surface area contributed by atoms with Gasteiger partial charge in [0, 0.05) is 5.56 Å². The minimum atomic E-state index is -3.40. The van der Waals surface area contributed by atoms with Gasteiger partial charge in [-0.05, 0) is 17.7 Å². The minimum Gasteiger partial charge on any atom is -0.382 e. The summed E-state index contributed by atoms with van der Waals surface area (Å²) in [6.45, 7) is 0. The molecule has 0 fully saturated rings. The van der Waals surface area contributed by atoms with Gasteiger partial charge in [-0.1, -0.05) is 30.3 Å². The number of hydrogen-bond acceptors (Lipinski definition) is 4. The van der Waals surface area contributed by atoms with Crippen LogP contribution in [0.15, 0.2) is 42.5 Å². The fourth-order valence-corrected chi connectivity index (χ4v) is 3.34. The Kier molecular flexibility index (Phi) is 1.53. The predicted octanol–water partition coefficient (Wildman–Crippen LogP) is 3.63. The number of phosphoric acid groups is 1. The highest BCUT2D eigenvalue weighted by Crippen LogP contribution is 2.70. The molecule has 0 saturated heterocycles. The van der Waals surface area contributed by atoms with Crippen molar-refractivity contribution in [2.75, 3.05) is 0 Å². The second-order valence-corrected chi connectivity index (χ2v) is 5.30. The van der Waals surface area contributed by atoms with Crippen LogP contribution in [-0.2, 0) is 4.57 Å². The fourth-order valence-electron chi connectivity index (χ4n) is 2.04. The number of fused-ring (bicyclic) bond motifs is 1. The van der Waals surface area contributed by atoms with Crippen molar-refractivity contribution in [1.82, 2.24) is 0 Å². The zero-order valence-electron chi connectivity index (χ0n) is 8.62. The van der Waals surface area contributed by atoms with Gasteiger partial charge in [-0.25, -0.2) is 0 Å². The first kappa shape index (κ1) is 9.14. The Morgan fingerprint density at radius 3 is 2.35 bits per heavy atom. The van der Waals surface area contributed by atoms with Crippen LogP contribution in [0.4, 0.5) is 0 Å². The molecule has 4 rings (SSSR count). The highest BCUT2D eigenvalue weighted by atomic mass is 31.2. The maximum atomic E-state index is 11.8. The van der Waals surface area contributed by atoms with E-state index < -0.39 is 7.82 Å². The lowest BCUT2D eigenvalue weighted by atomic mass is 10.0. The Morgan fingerprint density at radius 1 is 0.824 bits per heavy atom. The quantitative estimate of drug-likeness (QED) is 0.721. The molecule has 0 amide bonds. The largest absolute Gasteiger partial charge is 0.647 e. The van der Waals surface area contributed by atoms with Gasteiger partial charge in [-0.15, -0.1) is 0 Å². The van der Waals surface area contributed by atoms with E-state index in [-0.39, 0.29) is 0 Å². The Bertz CT molecular complexity index is 666. The van der Waals surface area contributed by atoms with Crippen LogP contribution in [0, 0.1) is 0 Å². The summed E-state index contributed by atoms with van der Waals surface area (Å²) >= 11 is 0. The maximum Gasteiger partial charge on any atom is 0.647 e. The molecule has 0 aromatic heterocycles. The summed E-state index contributed by atoms with van der Waals surface area (Å²) in [4.78, 5) is 0. The van der Waals surface area contributed by atoms with Crippen LogP contribution in [0.1, 0.15) is 0 Å². The standard InChI is InChI=1S/C12H7O4P/c13-17-14-10-7-6-9(8-4-2-1-3-5-8)11(15-17)12(10)16-17/h1-7H. The van der Waals surface area contributed by atoms with Crippen molar-refractivity contribution in [1.29, 1.82) is 0 Å². The molecular weight excluding hydrogens is 239 g/mol. The normalized spacial score (nSPS) is 22.8. The molecule has 2 bridgehead atoms. The van der Waals surface area contributed by atoms with Crippen LogP contribution in [0.5, 0.6) is 17.2 Å². The molecule has 1 unspecified atom stereocenters. The van der Waals surface area contributed by atoms with E-state index in [1.54, 1.807) is 6.07 Å². The third kappa shape index (κ3) is 1.16. The lowest BCUT2D eigenvalue weighted by Gasteiger charge is -2.12. The Morgan fingerprint density at radius 2 is 1.59 bits per heavy atom. The van der Waals surface area contributed by atoms with Crippen molar-refractivity contribution >= 4 is 7.82 Å². The Labute approximate surface area is 97.4 Å². The zero-order chi connectivity index (χ0) is 11.5. The molecule has 0 N–H and O–H groups in total. The summed E-state index contributed by atoms with van der Waals surface area (Å²) < 4.78 is 27.3. The van der Waals surface area contributed by atoms with E-state index in [4.69, 9.17) is 13.6 Å². The number of rotatable bonds is 1. The molecule has 2 aliphatic heterocycles. The first-order valence-electron chi connectivity index (χ1n) is 5.16. The van der Waals surface area contributed by atoms with Crippen molar-refractivity contribution in [3.8, 4) is 28.4 Å². The smallest absolute Gasteiger partial charge is 0.382 e. The van der Waals surface area contributed by atoms with Gasteiger partial charge < -0.3 is 13.6 Å². The molecule has 5 heteroatoms. The fraction of sp³-hybridized carbons (Fsp3) is 0. The summed E-state index contributed by atoms with van der Waals surface area (Å²) in [6, 6.07) is 13.4. The third-order valence-electron chi connectivity index (χ3n) is 2.78. The molecule has 4 nitrogen and oxygen atoms in total. The first-order valence-corrected chi connectivity index (χ1v) is 6.62. The lowest BCUT2D eigenvalue weighted by molar-refractivity contribution is 0.354. The van der Waals surface area contributed by atoms with Crippen molar-refractivity contribution < 1.29 is 18.1 Å². The molecule has 2 aromatic carbocycles. The van der Waals surface area contributed by atoms with E-state index in [2.05, 4.69) is 0 Å². The summed E-state index contributed by atoms with van der Waals surface area (Å²) in [5, 5.41) is 0. The molecule has 17 heavy (non-hydrogen) atoms. The van der Waals surface area contributed by atoms with Crippen molar-refractivity contribution in [3.05, 3.63) is 42.5 Å². The highest BCUT2D eigenvalue weighted by molar-refractivity contribution is 7.50. The molecule has 0 saturated carbocycles. The van der Waals surface area contributed by atoms with Gasteiger partial charge in [0.1, 0.15) is 0 Å². The van der Waals surface area contributed by atoms with Gasteiger partial charge >= 0.3 is 7.82 Å². The van der Waals surface area contributed by atoms with Gasteiger partial charge in [-0.3, -0.25) is 0 Å². The van der Waals surface area contributed by atoms with Gasteiger partial charge in [0.05, 0.1) is 0 Å². The van der Waals surface area contributed by atoms with Crippen molar-refractivity contribution in [2.24, 2.45) is 0 Å². The summed E-state index contributed by atoms with van der Waals surface area (Å²) in [5.74, 6) is 1.47. The van der Waals surface area contributed by atoms with Crippen molar-refractivity contribution in [3.63, 3.8) is 0 Å². The van der Waals surface area contributed by atoms with Gasteiger partial charge in [0.15, 0.2) is 11.5 Å². The van der Waals surface area contributed by atoms with E-state index in [1.807, 2.05) is 36.4 Å². The Hall–Kier alpha value is -1.93. The molecule has 0 radical (unpaired) electrons. The monoisotopic (exact) mass is 246 g/mol. The van der Waals surface area contributed by atoms with E-state index in [9.17, 15) is 4.57 Å². The second kappa shape index (κ2) is 2.84. The summed E-state index contributed by atoms with van der Waals surface area (Å²) in [7, 11) is -3.40. The highest BCUT2D eigenvalue weighted by Gasteiger charge is 2.50. The number of phosphoric ester groups is 1. The molecule has 0 spiro atoms. The van der Waals surface area contributed by atoms with Crippen LogP contribution in [0.25, 0.3) is 11.1 Å². The average molecular weight is 246 g/mol. The van der Waals surface area contributed by atoms with Gasteiger partial charge in [-0.2, -0.15) is 4.57 Å². The molecule has 84 valence electrons. The topological polar surface area (TPSA) is 44.8 Å². The van der Waals surface area contributed by atoms with Crippen molar-refractivity contribution in [2.45, 2.75) is 0 Å². The molecule has 1 atom stereocenters. The van der Waals surface area contributed by atoms with Crippen LogP contribution in [0.3, 0.4) is 0 Å². The molecular formula is C12H7O4P. The number of hydrogen-bond donors (Lipinski definition) is 0. The second-order valence-electron chi connectivity index (χ2n) is 3.86. The molecule has 2 aromatic rings. The zero-order valence-corrected chi connectivity index (χ0v) is 9.52. The van der Waals surface area contributed by atoms with E-state index in [0.29, 0.717) is 17.2 Å². The van der Waals surface area contributed by atoms with Gasteiger partial charge in [0.25, 0.3) is 0 Å². The third-order valence-corrected chi connectivity index (χ3v) is 4.01. The SMILES string of the molecule is O=P12Oc3ccc(-c4ccccc4)c(c3O1)O2. The molecule has 2 aliphatic rings. The lowest BCUT2D eigenvalue weighted by Crippen LogP contribution is -1.98. The number of benzene rings is 2. The van der Waals surface area contributed by atoms with E-state index in [1.165, 1.54) is 0 Å². The summed E-state index contributed by atoms with van der Waals surface area (Å²) in [6.07, 6.45) is 0. The molecule has 2 heterocycles. The minimum absolute atomic E-state index is 0.453. The maximum absolute atomic E-state index is 11.8. The van der Waals surface area contributed by atoms with Gasteiger partial charge in [0.2, 0.25) is 5.75 Å².